The molecule has 1 atom stereocenters. The lowest BCUT2D eigenvalue weighted by Crippen LogP contribution is -2.49. The summed E-state index contributed by atoms with van der Waals surface area (Å²) >= 11 is 0. The van der Waals surface area contributed by atoms with E-state index in [0.29, 0.717) is 25.3 Å². The minimum atomic E-state index is -0.474. The highest BCUT2D eigenvalue weighted by molar-refractivity contribution is 5.96. The first kappa shape index (κ1) is 14.5. The molecule has 0 spiro atoms. The topological polar surface area (TPSA) is 59.5 Å². The van der Waals surface area contributed by atoms with Crippen molar-refractivity contribution in [1.82, 2.24) is 9.88 Å². The fraction of sp³-hybridized carbons (Fsp3) is 0.533. The molecule has 5 heteroatoms. The third-order valence-electron chi connectivity index (χ3n) is 3.53. The normalized spacial score (nSPS) is 18.7. The zero-order valence-corrected chi connectivity index (χ0v) is 12.0. The second-order valence-electron chi connectivity index (χ2n) is 4.93. The number of amides is 1. The Bertz CT molecular complexity index is 502. The van der Waals surface area contributed by atoms with E-state index in [2.05, 4.69) is 4.98 Å². The van der Waals surface area contributed by atoms with Crippen molar-refractivity contribution >= 4 is 11.9 Å². The quantitative estimate of drug-likeness (QED) is 0.792. The van der Waals surface area contributed by atoms with E-state index in [1.807, 2.05) is 13.0 Å². The van der Waals surface area contributed by atoms with Crippen LogP contribution in [0.3, 0.4) is 0 Å². The number of aryl methyl sites for hydroxylation is 1. The number of ether oxygens (including phenoxy) is 1. The molecule has 20 heavy (non-hydrogen) atoms. The third kappa shape index (κ3) is 2.98. The summed E-state index contributed by atoms with van der Waals surface area (Å²) in [6.07, 6.45) is 4.11. The summed E-state index contributed by atoms with van der Waals surface area (Å²) in [4.78, 5) is 30.3. The molecule has 1 saturated heterocycles. The molecule has 1 fully saturated rings. The number of hydrogen-bond donors (Lipinski definition) is 0. The van der Waals surface area contributed by atoms with Crippen LogP contribution in [0.1, 0.15) is 42.2 Å². The van der Waals surface area contributed by atoms with Crippen molar-refractivity contribution in [2.45, 2.75) is 39.2 Å². The number of rotatable bonds is 3. The zero-order chi connectivity index (χ0) is 14.5. The molecule has 0 N–H and O–H groups in total. The number of carbonyl (C=O) groups excluding carboxylic acids is 2. The van der Waals surface area contributed by atoms with Crippen molar-refractivity contribution < 1.29 is 14.3 Å². The molecule has 2 heterocycles. The summed E-state index contributed by atoms with van der Waals surface area (Å²) in [6.45, 7) is 4.54. The number of hydrogen-bond acceptors (Lipinski definition) is 4. The maximum absolute atomic E-state index is 12.6. The molecule has 108 valence electrons. The first-order valence-electron chi connectivity index (χ1n) is 7.04. The first-order chi connectivity index (χ1) is 9.65. The van der Waals surface area contributed by atoms with Gasteiger partial charge in [-0.25, -0.2) is 4.79 Å². The van der Waals surface area contributed by atoms with Crippen LogP contribution in [-0.2, 0) is 9.53 Å². The second kappa shape index (κ2) is 6.50. The van der Waals surface area contributed by atoms with Crippen LogP contribution in [0.4, 0.5) is 0 Å². The molecular weight excluding hydrogens is 256 g/mol. The fourth-order valence-corrected chi connectivity index (χ4v) is 2.50. The largest absolute Gasteiger partial charge is 0.464 e. The van der Waals surface area contributed by atoms with Gasteiger partial charge in [0.05, 0.1) is 6.61 Å². The molecule has 1 aromatic rings. The predicted molar refractivity (Wildman–Crippen MR) is 74.3 cm³/mol. The predicted octanol–water partition coefficient (Wildman–Crippen LogP) is 1.95. The Morgan fingerprint density at radius 1 is 1.45 bits per heavy atom. The first-order valence-corrected chi connectivity index (χ1v) is 7.04. The second-order valence-corrected chi connectivity index (χ2v) is 4.93. The lowest BCUT2D eigenvalue weighted by atomic mass is 10.0. The van der Waals surface area contributed by atoms with Gasteiger partial charge in [0.15, 0.2) is 0 Å². The van der Waals surface area contributed by atoms with Crippen molar-refractivity contribution in [1.29, 1.82) is 0 Å². The Balaban J connectivity index is 2.22. The zero-order valence-electron chi connectivity index (χ0n) is 12.0. The van der Waals surface area contributed by atoms with Crippen LogP contribution in [0.15, 0.2) is 18.3 Å². The molecular formula is C15H20N2O3. The average Bonchev–Trinajstić information content (AvgIpc) is 2.47. The van der Waals surface area contributed by atoms with Crippen molar-refractivity contribution in [3.05, 3.63) is 29.6 Å². The summed E-state index contributed by atoms with van der Waals surface area (Å²) in [5, 5.41) is 0. The number of nitrogens with zero attached hydrogens (tertiary/aromatic N) is 2. The molecule has 0 radical (unpaired) electrons. The Hall–Kier alpha value is -1.91. The summed E-state index contributed by atoms with van der Waals surface area (Å²) in [5.74, 6) is -0.491. The summed E-state index contributed by atoms with van der Waals surface area (Å²) in [7, 11) is 0. The summed E-state index contributed by atoms with van der Waals surface area (Å²) < 4.78 is 5.07. The standard InChI is InChI=1S/C15H20N2O3/c1-3-20-15(19)12-8-4-5-10-17(12)14(18)13-11(2)7-6-9-16-13/h6-7,9,12H,3-5,8,10H2,1-2H3. The molecule has 0 aliphatic carbocycles. The van der Waals surface area contributed by atoms with E-state index in [4.69, 9.17) is 4.74 Å². The Kier molecular flexibility index (Phi) is 4.71. The summed E-state index contributed by atoms with van der Waals surface area (Å²) in [5.41, 5.74) is 1.24. The maximum atomic E-state index is 12.6. The number of pyridine rings is 1. The van der Waals surface area contributed by atoms with Crippen LogP contribution in [0.5, 0.6) is 0 Å². The van der Waals surface area contributed by atoms with Crippen molar-refractivity contribution in [3.8, 4) is 0 Å². The molecule has 1 unspecified atom stereocenters. The smallest absolute Gasteiger partial charge is 0.328 e. The van der Waals surface area contributed by atoms with Gasteiger partial charge in [0.1, 0.15) is 11.7 Å². The molecule has 5 nitrogen and oxygen atoms in total. The number of esters is 1. The highest BCUT2D eigenvalue weighted by atomic mass is 16.5. The Labute approximate surface area is 118 Å². The van der Waals surface area contributed by atoms with Crippen molar-refractivity contribution in [2.24, 2.45) is 0 Å². The van der Waals surface area contributed by atoms with Gasteiger partial charge in [-0.1, -0.05) is 6.07 Å². The van der Waals surface area contributed by atoms with Crippen molar-refractivity contribution in [3.63, 3.8) is 0 Å². The maximum Gasteiger partial charge on any atom is 0.328 e. The van der Waals surface area contributed by atoms with Crippen LogP contribution in [0.2, 0.25) is 0 Å². The lowest BCUT2D eigenvalue weighted by Gasteiger charge is -2.34. The Morgan fingerprint density at radius 3 is 2.95 bits per heavy atom. The molecule has 1 aromatic heterocycles. The van der Waals surface area contributed by atoms with Crippen LogP contribution in [0, 0.1) is 6.92 Å². The molecule has 0 bridgehead atoms. The van der Waals surface area contributed by atoms with E-state index < -0.39 is 6.04 Å². The molecule has 1 aliphatic heterocycles. The molecule has 2 rings (SSSR count). The molecule has 0 saturated carbocycles. The van der Waals surface area contributed by atoms with Gasteiger partial charge in [0.25, 0.3) is 5.91 Å². The molecule has 1 aliphatic rings. The third-order valence-corrected chi connectivity index (χ3v) is 3.53. The monoisotopic (exact) mass is 276 g/mol. The van der Waals surface area contributed by atoms with Gasteiger partial charge < -0.3 is 9.64 Å². The van der Waals surface area contributed by atoms with Gasteiger partial charge in [-0.05, 0) is 44.7 Å². The fourth-order valence-electron chi connectivity index (χ4n) is 2.50. The minimum Gasteiger partial charge on any atom is -0.464 e. The van der Waals surface area contributed by atoms with Gasteiger partial charge in [-0.2, -0.15) is 0 Å². The Morgan fingerprint density at radius 2 is 2.25 bits per heavy atom. The average molecular weight is 276 g/mol. The SMILES string of the molecule is CCOC(=O)C1CCCCN1C(=O)c1ncccc1C. The van der Waals surface area contributed by atoms with Gasteiger partial charge in [-0.3, -0.25) is 9.78 Å². The van der Waals surface area contributed by atoms with Crippen LogP contribution >= 0.6 is 0 Å². The molecule has 0 aromatic carbocycles. The number of aromatic nitrogens is 1. The van der Waals surface area contributed by atoms with E-state index in [1.165, 1.54) is 0 Å². The van der Waals surface area contributed by atoms with E-state index in [0.717, 1.165) is 18.4 Å². The van der Waals surface area contributed by atoms with Crippen LogP contribution < -0.4 is 0 Å². The number of carbonyl (C=O) groups is 2. The van der Waals surface area contributed by atoms with E-state index >= 15 is 0 Å². The number of likely N-dealkylation sites (tertiary alicyclic amines) is 1. The molecule has 1 amide bonds. The van der Waals surface area contributed by atoms with Gasteiger partial charge in [0, 0.05) is 12.7 Å². The highest BCUT2D eigenvalue weighted by Gasteiger charge is 2.34. The van der Waals surface area contributed by atoms with E-state index in [1.54, 1.807) is 24.1 Å². The summed E-state index contributed by atoms with van der Waals surface area (Å²) in [6, 6.07) is 3.17. The van der Waals surface area contributed by atoms with Crippen LogP contribution in [0.25, 0.3) is 0 Å². The lowest BCUT2D eigenvalue weighted by molar-refractivity contribution is -0.149. The van der Waals surface area contributed by atoms with Gasteiger partial charge in [-0.15, -0.1) is 0 Å². The van der Waals surface area contributed by atoms with Gasteiger partial charge in [0.2, 0.25) is 0 Å². The van der Waals surface area contributed by atoms with Crippen LogP contribution in [-0.4, -0.2) is 41.0 Å². The highest BCUT2D eigenvalue weighted by Crippen LogP contribution is 2.21. The van der Waals surface area contributed by atoms with Gasteiger partial charge >= 0.3 is 5.97 Å². The minimum absolute atomic E-state index is 0.180. The number of piperidine rings is 1. The van der Waals surface area contributed by atoms with E-state index in [-0.39, 0.29) is 11.9 Å². The van der Waals surface area contributed by atoms with E-state index in [9.17, 15) is 9.59 Å². The van der Waals surface area contributed by atoms with Crippen molar-refractivity contribution in [2.75, 3.05) is 13.2 Å².